The summed E-state index contributed by atoms with van der Waals surface area (Å²) in [6, 6.07) is 5.09. The SMILES string of the molecule is [C-]#[N+]c1cccc(CNC(=O)OC(C)(C)C)n1. The third-order valence-corrected chi connectivity index (χ3v) is 1.72. The lowest BCUT2D eigenvalue weighted by Crippen LogP contribution is -2.32. The Labute approximate surface area is 101 Å². The average Bonchev–Trinajstić information content (AvgIpc) is 2.24. The van der Waals surface area contributed by atoms with Crippen molar-refractivity contribution in [1.82, 2.24) is 10.3 Å². The van der Waals surface area contributed by atoms with Crippen molar-refractivity contribution >= 4 is 11.9 Å². The largest absolute Gasteiger partial charge is 0.444 e. The van der Waals surface area contributed by atoms with E-state index in [1.54, 1.807) is 39.0 Å². The molecule has 1 amide bonds. The molecule has 0 unspecified atom stereocenters. The molecule has 0 radical (unpaired) electrons. The highest BCUT2D eigenvalue weighted by Crippen LogP contribution is 2.09. The van der Waals surface area contributed by atoms with Gasteiger partial charge in [0.2, 0.25) is 0 Å². The number of rotatable bonds is 2. The van der Waals surface area contributed by atoms with Gasteiger partial charge in [0, 0.05) is 0 Å². The first-order chi connectivity index (χ1) is 7.90. The van der Waals surface area contributed by atoms with E-state index in [0.29, 0.717) is 11.5 Å². The van der Waals surface area contributed by atoms with Crippen LogP contribution in [0.4, 0.5) is 10.6 Å². The number of hydrogen-bond donors (Lipinski definition) is 1. The van der Waals surface area contributed by atoms with Gasteiger partial charge >= 0.3 is 6.09 Å². The smallest absolute Gasteiger partial charge is 0.408 e. The molecule has 5 nitrogen and oxygen atoms in total. The lowest BCUT2D eigenvalue weighted by atomic mass is 10.2. The second-order valence-electron chi connectivity index (χ2n) is 4.45. The van der Waals surface area contributed by atoms with Crippen LogP contribution in [0.15, 0.2) is 18.2 Å². The third kappa shape index (κ3) is 4.98. The van der Waals surface area contributed by atoms with Gasteiger partial charge in [-0.25, -0.2) is 4.79 Å². The standard InChI is InChI=1S/C12H15N3O2/c1-12(2,3)17-11(16)14-8-9-6-5-7-10(13-4)15-9/h5-7H,8H2,1-3H3,(H,14,16). The van der Waals surface area contributed by atoms with Crippen molar-refractivity contribution in [2.24, 2.45) is 0 Å². The zero-order valence-electron chi connectivity index (χ0n) is 10.2. The van der Waals surface area contributed by atoms with E-state index in [1.165, 1.54) is 0 Å². The second kappa shape index (κ2) is 5.30. The van der Waals surface area contributed by atoms with Gasteiger partial charge in [-0.05, 0) is 32.9 Å². The molecule has 0 atom stereocenters. The molecule has 0 spiro atoms. The number of hydrogen-bond acceptors (Lipinski definition) is 3. The maximum atomic E-state index is 11.4. The minimum absolute atomic E-state index is 0.248. The summed E-state index contributed by atoms with van der Waals surface area (Å²) < 4.78 is 5.08. The Morgan fingerprint density at radius 3 is 2.82 bits per heavy atom. The molecule has 0 aliphatic heterocycles. The Morgan fingerprint density at radius 1 is 1.53 bits per heavy atom. The van der Waals surface area contributed by atoms with Crippen LogP contribution in [0.25, 0.3) is 4.85 Å². The molecular formula is C12H15N3O2. The molecule has 0 aromatic carbocycles. The Balaban J connectivity index is 2.51. The normalized spacial score (nSPS) is 10.5. The van der Waals surface area contributed by atoms with E-state index in [1.807, 2.05) is 0 Å². The second-order valence-corrected chi connectivity index (χ2v) is 4.45. The van der Waals surface area contributed by atoms with Crippen LogP contribution in [0.5, 0.6) is 0 Å². The Hall–Kier alpha value is -2.09. The summed E-state index contributed by atoms with van der Waals surface area (Å²) in [5.41, 5.74) is 0.111. The van der Waals surface area contributed by atoms with E-state index in [2.05, 4.69) is 15.1 Å². The Morgan fingerprint density at radius 2 is 2.24 bits per heavy atom. The first kappa shape index (κ1) is 13.0. The van der Waals surface area contributed by atoms with Crippen LogP contribution in [0.1, 0.15) is 26.5 Å². The van der Waals surface area contributed by atoms with Gasteiger partial charge in [0.25, 0.3) is 5.82 Å². The summed E-state index contributed by atoms with van der Waals surface area (Å²) in [4.78, 5) is 18.6. The van der Waals surface area contributed by atoms with Crippen LogP contribution in [-0.2, 0) is 11.3 Å². The van der Waals surface area contributed by atoms with Crippen LogP contribution in [0, 0.1) is 6.57 Å². The summed E-state index contributed by atoms with van der Waals surface area (Å²) in [6.07, 6.45) is -0.493. The van der Waals surface area contributed by atoms with E-state index in [9.17, 15) is 4.79 Å². The van der Waals surface area contributed by atoms with Gasteiger partial charge in [-0.2, -0.15) is 0 Å². The maximum absolute atomic E-state index is 11.4. The van der Waals surface area contributed by atoms with Gasteiger partial charge in [0.15, 0.2) is 5.69 Å². The monoisotopic (exact) mass is 233 g/mol. The summed E-state index contributed by atoms with van der Waals surface area (Å²) in [5.74, 6) is 0.313. The maximum Gasteiger partial charge on any atom is 0.408 e. The molecule has 5 heteroatoms. The number of pyridine rings is 1. The lowest BCUT2D eigenvalue weighted by molar-refractivity contribution is 0.0523. The van der Waals surface area contributed by atoms with E-state index in [4.69, 9.17) is 11.3 Å². The van der Waals surface area contributed by atoms with Crippen molar-refractivity contribution in [3.8, 4) is 0 Å². The highest BCUT2D eigenvalue weighted by molar-refractivity contribution is 5.67. The molecule has 1 aromatic rings. The predicted molar refractivity (Wildman–Crippen MR) is 63.6 cm³/mol. The van der Waals surface area contributed by atoms with Gasteiger partial charge in [-0.15, -0.1) is 4.98 Å². The molecule has 0 saturated carbocycles. The molecule has 1 N–H and O–H groups in total. The number of nitrogens with one attached hydrogen (secondary N) is 1. The predicted octanol–water partition coefficient (Wildman–Crippen LogP) is 2.66. The number of ether oxygens (including phenoxy) is 1. The van der Waals surface area contributed by atoms with Crippen LogP contribution < -0.4 is 5.32 Å². The number of nitrogens with zero attached hydrogens (tertiary/aromatic N) is 2. The first-order valence-electron chi connectivity index (χ1n) is 5.21. The molecule has 0 fully saturated rings. The quantitative estimate of drug-likeness (QED) is 0.799. The summed E-state index contributed by atoms with van der Waals surface area (Å²) >= 11 is 0. The summed E-state index contributed by atoms with van der Waals surface area (Å²) in [5, 5.41) is 2.58. The van der Waals surface area contributed by atoms with Crippen molar-refractivity contribution in [3.63, 3.8) is 0 Å². The Bertz CT molecular complexity index is 444. The minimum atomic E-state index is -0.518. The average molecular weight is 233 g/mol. The fourth-order valence-electron chi connectivity index (χ4n) is 1.10. The van der Waals surface area contributed by atoms with Crippen molar-refractivity contribution in [2.75, 3.05) is 0 Å². The molecule has 90 valence electrons. The minimum Gasteiger partial charge on any atom is -0.444 e. The highest BCUT2D eigenvalue weighted by Gasteiger charge is 2.16. The molecule has 0 aliphatic rings. The van der Waals surface area contributed by atoms with Gasteiger partial charge in [-0.1, -0.05) is 12.6 Å². The molecule has 1 aromatic heterocycles. The number of amides is 1. The third-order valence-electron chi connectivity index (χ3n) is 1.72. The highest BCUT2D eigenvalue weighted by atomic mass is 16.6. The zero-order valence-corrected chi connectivity index (χ0v) is 10.2. The molecule has 1 rings (SSSR count). The molecule has 1 heterocycles. The number of alkyl carbamates (subject to hydrolysis) is 1. The van der Waals surface area contributed by atoms with Crippen LogP contribution in [0.2, 0.25) is 0 Å². The molecule has 17 heavy (non-hydrogen) atoms. The van der Waals surface area contributed by atoms with Crippen molar-refractivity contribution in [3.05, 3.63) is 35.3 Å². The van der Waals surface area contributed by atoms with Gasteiger partial charge < -0.3 is 14.9 Å². The lowest BCUT2D eigenvalue weighted by Gasteiger charge is -2.19. The number of aromatic nitrogens is 1. The molecule has 0 aliphatic carbocycles. The summed E-state index contributed by atoms with van der Waals surface area (Å²) in [7, 11) is 0. The fourth-order valence-corrected chi connectivity index (χ4v) is 1.10. The van der Waals surface area contributed by atoms with Crippen molar-refractivity contribution < 1.29 is 9.53 Å². The van der Waals surface area contributed by atoms with Gasteiger partial charge in [-0.3, -0.25) is 0 Å². The Kier molecular flexibility index (Phi) is 4.05. The zero-order chi connectivity index (χ0) is 12.9. The van der Waals surface area contributed by atoms with Gasteiger partial charge in [0.05, 0.1) is 6.54 Å². The van der Waals surface area contributed by atoms with Crippen LogP contribution >= 0.6 is 0 Å². The van der Waals surface area contributed by atoms with Crippen molar-refractivity contribution in [2.45, 2.75) is 32.9 Å². The molecular weight excluding hydrogens is 218 g/mol. The van der Waals surface area contributed by atoms with Crippen LogP contribution in [-0.4, -0.2) is 16.7 Å². The summed E-state index contributed by atoms with van der Waals surface area (Å²) in [6.45, 7) is 12.5. The number of carbonyl (C=O) groups is 1. The topological polar surface area (TPSA) is 55.6 Å². The van der Waals surface area contributed by atoms with E-state index in [0.717, 1.165) is 0 Å². The van der Waals surface area contributed by atoms with Crippen molar-refractivity contribution in [1.29, 1.82) is 0 Å². The molecule has 0 bridgehead atoms. The van der Waals surface area contributed by atoms with Gasteiger partial charge in [0.1, 0.15) is 5.60 Å². The van der Waals surface area contributed by atoms with E-state index in [-0.39, 0.29) is 6.54 Å². The van der Waals surface area contributed by atoms with E-state index < -0.39 is 11.7 Å². The van der Waals surface area contributed by atoms with Crippen LogP contribution in [0.3, 0.4) is 0 Å². The number of carbonyl (C=O) groups excluding carboxylic acids is 1. The molecule has 0 saturated heterocycles. The first-order valence-corrected chi connectivity index (χ1v) is 5.21. The fraction of sp³-hybridized carbons (Fsp3) is 0.417. The van der Waals surface area contributed by atoms with E-state index >= 15 is 0 Å².